The molecule has 4 nitrogen and oxygen atoms in total. The van der Waals surface area contributed by atoms with Crippen LogP contribution in [0.15, 0.2) is 18.2 Å². The number of rotatable bonds is 6. The SMILES string of the molecule is COc1c(CCCO)cccc1OC1CCCN(C)C1. The average molecular weight is 279 g/mol. The molecule has 4 heteroatoms. The summed E-state index contributed by atoms with van der Waals surface area (Å²) in [4.78, 5) is 2.30. The van der Waals surface area contributed by atoms with Gasteiger partial charge in [0.25, 0.3) is 0 Å². The number of hydrogen-bond donors (Lipinski definition) is 1. The summed E-state index contributed by atoms with van der Waals surface area (Å²) in [6, 6.07) is 6.00. The maximum absolute atomic E-state index is 8.97. The molecule has 1 aliphatic rings. The molecule has 112 valence electrons. The first kappa shape index (κ1) is 15.1. The van der Waals surface area contributed by atoms with E-state index in [9.17, 15) is 0 Å². The zero-order chi connectivity index (χ0) is 14.4. The third-order valence-corrected chi connectivity index (χ3v) is 3.74. The molecular formula is C16H25NO3. The fourth-order valence-corrected chi connectivity index (χ4v) is 2.75. The third kappa shape index (κ3) is 3.87. The molecule has 1 aromatic rings. The van der Waals surface area contributed by atoms with Crippen molar-refractivity contribution in [3.8, 4) is 11.5 Å². The summed E-state index contributed by atoms with van der Waals surface area (Å²) in [7, 11) is 3.81. The van der Waals surface area contributed by atoms with E-state index in [1.54, 1.807) is 7.11 Å². The molecule has 0 radical (unpaired) electrons. The first-order valence-corrected chi connectivity index (χ1v) is 7.36. The fraction of sp³-hybridized carbons (Fsp3) is 0.625. The highest BCUT2D eigenvalue weighted by atomic mass is 16.5. The number of aliphatic hydroxyl groups is 1. The lowest BCUT2D eigenvalue weighted by atomic mass is 10.1. The van der Waals surface area contributed by atoms with Crippen LogP contribution in [0.3, 0.4) is 0 Å². The topological polar surface area (TPSA) is 41.9 Å². The zero-order valence-electron chi connectivity index (χ0n) is 12.5. The van der Waals surface area contributed by atoms with Crippen LogP contribution in [0, 0.1) is 0 Å². The maximum Gasteiger partial charge on any atom is 0.163 e. The molecule has 0 saturated carbocycles. The first-order chi connectivity index (χ1) is 9.74. The van der Waals surface area contributed by atoms with E-state index in [0.29, 0.717) is 0 Å². The predicted molar refractivity (Wildman–Crippen MR) is 79.5 cm³/mol. The molecular weight excluding hydrogens is 254 g/mol. The monoisotopic (exact) mass is 279 g/mol. The molecule has 1 N–H and O–H groups in total. The van der Waals surface area contributed by atoms with Crippen LogP contribution in [0.5, 0.6) is 11.5 Å². The Bertz CT molecular complexity index is 422. The molecule has 1 fully saturated rings. The van der Waals surface area contributed by atoms with Gasteiger partial charge in [-0.05, 0) is 50.9 Å². The van der Waals surface area contributed by atoms with E-state index in [1.165, 1.54) is 6.42 Å². The molecule has 1 aliphatic heterocycles. The van der Waals surface area contributed by atoms with E-state index in [4.69, 9.17) is 14.6 Å². The fourth-order valence-electron chi connectivity index (χ4n) is 2.75. The lowest BCUT2D eigenvalue weighted by Crippen LogP contribution is -2.38. The summed E-state index contributed by atoms with van der Waals surface area (Å²) in [6.07, 6.45) is 4.05. The van der Waals surface area contributed by atoms with E-state index < -0.39 is 0 Å². The quantitative estimate of drug-likeness (QED) is 0.866. The van der Waals surface area contributed by atoms with Gasteiger partial charge >= 0.3 is 0 Å². The normalized spacial score (nSPS) is 19.9. The van der Waals surface area contributed by atoms with Gasteiger partial charge in [-0.25, -0.2) is 0 Å². The lowest BCUT2D eigenvalue weighted by molar-refractivity contribution is 0.101. The largest absolute Gasteiger partial charge is 0.493 e. The van der Waals surface area contributed by atoms with Crippen molar-refractivity contribution >= 4 is 0 Å². The number of likely N-dealkylation sites (N-methyl/N-ethyl adjacent to an activating group) is 1. The van der Waals surface area contributed by atoms with Crippen LogP contribution in [0.4, 0.5) is 0 Å². The summed E-state index contributed by atoms with van der Waals surface area (Å²) in [5.41, 5.74) is 1.10. The number of nitrogens with zero attached hydrogens (tertiary/aromatic N) is 1. The Balaban J connectivity index is 2.09. The molecule has 1 atom stereocenters. The summed E-state index contributed by atoms with van der Waals surface area (Å²) < 4.78 is 11.7. The Labute approximate surface area is 121 Å². The molecule has 0 aliphatic carbocycles. The van der Waals surface area contributed by atoms with Crippen LogP contribution >= 0.6 is 0 Å². The standard InChI is InChI=1S/C16H25NO3/c1-17-10-4-8-14(12-17)20-15-9-3-6-13(7-5-11-18)16(15)19-2/h3,6,9,14,18H,4-5,7-8,10-12H2,1-2H3. The van der Waals surface area contributed by atoms with Crippen LogP contribution in [0.25, 0.3) is 0 Å². The van der Waals surface area contributed by atoms with E-state index >= 15 is 0 Å². The van der Waals surface area contributed by atoms with E-state index in [2.05, 4.69) is 11.9 Å². The van der Waals surface area contributed by atoms with E-state index in [-0.39, 0.29) is 12.7 Å². The van der Waals surface area contributed by atoms with E-state index in [1.807, 2.05) is 18.2 Å². The van der Waals surface area contributed by atoms with Crippen LogP contribution < -0.4 is 9.47 Å². The summed E-state index contributed by atoms with van der Waals surface area (Å²) >= 11 is 0. The molecule has 1 aromatic carbocycles. The Hall–Kier alpha value is -1.26. The van der Waals surface area contributed by atoms with Crippen molar-refractivity contribution in [1.82, 2.24) is 4.90 Å². The molecule has 0 amide bonds. The van der Waals surface area contributed by atoms with Crippen LogP contribution in [-0.2, 0) is 6.42 Å². The molecule has 0 aromatic heterocycles. The Morgan fingerprint density at radius 1 is 1.40 bits per heavy atom. The van der Waals surface area contributed by atoms with Crippen molar-refractivity contribution in [3.05, 3.63) is 23.8 Å². The number of benzene rings is 1. The first-order valence-electron chi connectivity index (χ1n) is 7.36. The van der Waals surface area contributed by atoms with Crippen molar-refractivity contribution in [3.63, 3.8) is 0 Å². The van der Waals surface area contributed by atoms with Gasteiger partial charge in [0.05, 0.1) is 7.11 Å². The van der Waals surface area contributed by atoms with Crippen molar-refractivity contribution in [2.24, 2.45) is 0 Å². The van der Waals surface area contributed by atoms with Gasteiger partial charge in [-0.3, -0.25) is 0 Å². The molecule has 0 spiro atoms. The summed E-state index contributed by atoms with van der Waals surface area (Å²) in [5.74, 6) is 1.64. The van der Waals surface area contributed by atoms with Crippen LogP contribution in [0.1, 0.15) is 24.8 Å². The number of ether oxygens (including phenoxy) is 2. The number of methoxy groups -OCH3 is 1. The van der Waals surface area contributed by atoms with Gasteiger partial charge in [-0.2, -0.15) is 0 Å². The number of hydrogen-bond acceptors (Lipinski definition) is 4. The minimum absolute atomic E-state index is 0.196. The number of likely N-dealkylation sites (tertiary alicyclic amines) is 1. The van der Waals surface area contributed by atoms with Crippen molar-refractivity contribution < 1.29 is 14.6 Å². The van der Waals surface area contributed by atoms with Gasteiger partial charge < -0.3 is 19.5 Å². The van der Waals surface area contributed by atoms with Crippen LogP contribution in [-0.4, -0.2) is 50.0 Å². The van der Waals surface area contributed by atoms with Crippen molar-refractivity contribution in [1.29, 1.82) is 0 Å². The van der Waals surface area contributed by atoms with Crippen LogP contribution in [0.2, 0.25) is 0 Å². The summed E-state index contributed by atoms with van der Waals surface area (Å²) in [6.45, 7) is 2.30. The highest BCUT2D eigenvalue weighted by Gasteiger charge is 2.20. The van der Waals surface area contributed by atoms with Crippen molar-refractivity contribution in [2.75, 3.05) is 33.9 Å². The van der Waals surface area contributed by atoms with Gasteiger partial charge in [-0.15, -0.1) is 0 Å². The van der Waals surface area contributed by atoms with Gasteiger partial charge in [0.1, 0.15) is 6.10 Å². The number of aryl methyl sites for hydroxylation is 1. The Morgan fingerprint density at radius 3 is 2.95 bits per heavy atom. The van der Waals surface area contributed by atoms with E-state index in [0.717, 1.165) is 49.4 Å². The second-order valence-corrected chi connectivity index (χ2v) is 5.42. The molecule has 20 heavy (non-hydrogen) atoms. The minimum Gasteiger partial charge on any atom is -0.493 e. The summed E-state index contributed by atoms with van der Waals surface area (Å²) in [5, 5.41) is 8.97. The van der Waals surface area contributed by atoms with Gasteiger partial charge in [0.2, 0.25) is 0 Å². The van der Waals surface area contributed by atoms with Gasteiger partial charge in [0, 0.05) is 13.2 Å². The Kier molecular flexibility index (Phi) is 5.68. The second kappa shape index (κ2) is 7.50. The maximum atomic E-state index is 8.97. The zero-order valence-corrected chi connectivity index (χ0v) is 12.5. The second-order valence-electron chi connectivity index (χ2n) is 5.42. The Morgan fingerprint density at radius 2 is 2.25 bits per heavy atom. The van der Waals surface area contributed by atoms with Gasteiger partial charge in [0.15, 0.2) is 11.5 Å². The average Bonchev–Trinajstić information content (AvgIpc) is 2.45. The molecule has 0 bridgehead atoms. The molecule has 1 saturated heterocycles. The lowest BCUT2D eigenvalue weighted by Gasteiger charge is -2.30. The number of aliphatic hydroxyl groups excluding tert-OH is 1. The van der Waals surface area contributed by atoms with Gasteiger partial charge in [-0.1, -0.05) is 12.1 Å². The van der Waals surface area contributed by atoms with Crippen molar-refractivity contribution in [2.45, 2.75) is 31.8 Å². The number of piperidine rings is 1. The smallest absolute Gasteiger partial charge is 0.163 e. The predicted octanol–water partition coefficient (Wildman–Crippen LogP) is 2.09. The molecule has 1 unspecified atom stereocenters. The molecule has 1 heterocycles. The highest BCUT2D eigenvalue weighted by molar-refractivity contribution is 5.46. The third-order valence-electron chi connectivity index (χ3n) is 3.74. The molecule has 2 rings (SSSR count). The highest BCUT2D eigenvalue weighted by Crippen LogP contribution is 2.33. The minimum atomic E-state index is 0.196. The number of para-hydroxylation sites is 1.